The van der Waals surface area contributed by atoms with Crippen molar-refractivity contribution in [1.29, 1.82) is 0 Å². The van der Waals surface area contributed by atoms with Crippen molar-refractivity contribution in [3.63, 3.8) is 0 Å². The van der Waals surface area contributed by atoms with E-state index < -0.39 is 0 Å². The molecule has 2 aromatic rings. The van der Waals surface area contributed by atoms with Crippen molar-refractivity contribution in [3.05, 3.63) is 76.8 Å². The maximum Gasteiger partial charge on any atom is 0.309 e. The highest BCUT2D eigenvalue weighted by molar-refractivity contribution is 7.09. The SMILES string of the molecule is C=CCOC(=O)[C@@H](C)C[C@H](Cc1ccccc1)NC(=O)c1csc([C@@H](C[C@@H](NC)C(C)C)OCC(=C)C)n1. The van der Waals surface area contributed by atoms with Crippen LogP contribution in [0.4, 0.5) is 0 Å². The van der Waals surface area contributed by atoms with Crippen LogP contribution in [0.1, 0.15) is 67.7 Å². The van der Waals surface area contributed by atoms with Gasteiger partial charge in [0.1, 0.15) is 23.4 Å². The monoisotopic (exact) mass is 541 g/mol. The van der Waals surface area contributed by atoms with Crippen LogP contribution in [0.5, 0.6) is 0 Å². The average Bonchev–Trinajstić information content (AvgIpc) is 3.38. The molecule has 0 aliphatic carbocycles. The van der Waals surface area contributed by atoms with Crippen molar-refractivity contribution in [3.8, 4) is 0 Å². The van der Waals surface area contributed by atoms with Gasteiger partial charge in [-0.25, -0.2) is 4.98 Å². The lowest BCUT2D eigenvalue weighted by molar-refractivity contribution is -0.147. The number of carbonyl (C=O) groups is 2. The summed E-state index contributed by atoms with van der Waals surface area (Å²) in [6.07, 6.45) is 3.05. The third kappa shape index (κ3) is 10.5. The lowest BCUT2D eigenvalue weighted by Gasteiger charge is -2.25. The summed E-state index contributed by atoms with van der Waals surface area (Å²) in [4.78, 5) is 30.3. The second-order valence-electron chi connectivity index (χ2n) is 10.1. The van der Waals surface area contributed by atoms with Crippen LogP contribution in [0.25, 0.3) is 0 Å². The van der Waals surface area contributed by atoms with E-state index >= 15 is 0 Å². The zero-order valence-corrected chi connectivity index (χ0v) is 24.2. The molecule has 0 unspecified atom stereocenters. The summed E-state index contributed by atoms with van der Waals surface area (Å²) in [5.41, 5.74) is 2.35. The first kappa shape index (κ1) is 31.4. The van der Waals surface area contributed by atoms with Crippen LogP contribution >= 0.6 is 11.3 Å². The molecule has 0 fully saturated rings. The molecule has 1 aromatic carbocycles. The molecule has 0 radical (unpaired) electrons. The minimum atomic E-state index is -0.385. The highest BCUT2D eigenvalue weighted by Crippen LogP contribution is 2.28. The van der Waals surface area contributed by atoms with Gasteiger partial charge in [-0.1, -0.05) is 75.9 Å². The summed E-state index contributed by atoms with van der Waals surface area (Å²) in [7, 11) is 1.95. The number of hydrogen-bond acceptors (Lipinski definition) is 7. The number of amides is 1. The quantitative estimate of drug-likeness (QED) is 0.203. The van der Waals surface area contributed by atoms with Gasteiger partial charge < -0.3 is 20.1 Å². The second kappa shape index (κ2) is 16.2. The summed E-state index contributed by atoms with van der Waals surface area (Å²) >= 11 is 1.42. The number of benzene rings is 1. The van der Waals surface area contributed by atoms with Crippen LogP contribution in [0.15, 0.2) is 60.5 Å². The number of nitrogens with one attached hydrogen (secondary N) is 2. The van der Waals surface area contributed by atoms with E-state index in [0.717, 1.165) is 22.6 Å². The Labute approximate surface area is 231 Å². The number of thiazole rings is 1. The predicted octanol–water partition coefficient (Wildman–Crippen LogP) is 5.51. The summed E-state index contributed by atoms with van der Waals surface area (Å²) in [5, 5.41) is 9.00. The van der Waals surface area contributed by atoms with Crippen LogP contribution in [0, 0.1) is 11.8 Å². The Morgan fingerprint density at radius 3 is 2.47 bits per heavy atom. The molecule has 1 amide bonds. The zero-order valence-electron chi connectivity index (χ0n) is 23.4. The van der Waals surface area contributed by atoms with Gasteiger partial charge in [0, 0.05) is 17.5 Å². The molecule has 0 spiro atoms. The fraction of sp³-hybridized carbons (Fsp3) is 0.500. The Balaban J connectivity index is 2.19. The van der Waals surface area contributed by atoms with Crippen molar-refractivity contribution in [1.82, 2.24) is 15.6 Å². The fourth-order valence-corrected chi connectivity index (χ4v) is 4.99. The Morgan fingerprint density at radius 1 is 1.16 bits per heavy atom. The molecule has 2 rings (SSSR count). The standard InChI is InChI=1S/C30H43N3O4S/c1-8-14-36-30(35)22(6)15-24(16-23-12-10-9-11-13-23)32-28(34)26-19-38-29(33-26)27(37-18-20(2)3)17-25(31-7)21(4)5/h8-13,19,21-22,24-25,27,31H,1-2,14-18H2,3-7H3,(H,32,34)/t22-,24+,25+,27+/m0/s1. The summed E-state index contributed by atoms with van der Waals surface area (Å²) in [6, 6.07) is 9.87. The number of rotatable bonds is 17. The molecule has 7 nitrogen and oxygen atoms in total. The van der Waals surface area contributed by atoms with Crippen LogP contribution in [0.3, 0.4) is 0 Å². The van der Waals surface area contributed by atoms with Gasteiger partial charge in [-0.05, 0) is 44.7 Å². The summed E-state index contributed by atoms with van der Waals surface area (Å²) < 4.78 is 11.4. The van der Waals surface area contributed by atoms with Crippen molar-refractivity contribution in [2.75, 3.05) is 20.3 Å². The third-order valence-electron chi connectivity index (χ3n) is 6.25. The predicted molar refractivity (Wildman–Crippen MR) is 154 cm³/mol. The van der Waals surface area contributed by atoms with E-state index in [1.165, 1.54) is 11.3 Å². The third-order valence-corrected chi connectivity index (χ3v) is 7.19. The van der Waals surface area contributed by atoms with E-state index in [-0.39, 0.29) is 42.6 Å². The Hall–Kier alpha value is -2.81. The first-order valence-corrected chi connectivity index (χ1v) is 14.0. The molecule has 4 atom stereocenters. The van der Waals surface area contributed by atoms with E-state index in [4.69, 9.17) is 9.47 Å². The van der Waals surface area contributed by atoms with E-state index in [0.29, 0.717) is 31.1 Å². The molecule has 38 heavy (non-hydrogen) atoms. The number of nitrogens with zero attached hydrogens (tertiary/aromatic N) is 1. The first-order valence-electron chi connectivity index (χ1n) is 13.2. The van der Waals surface area contributed by atoms with Gasteiger partial charge in [0.25, 0.3) is 5.91 Å². The molecule has 1 heterocycles. The molecule has 2 N–H and O–H groups in total. The van der Waals surface area contributed by atoms with Crippen LogP contribution in [-0.4, -0.2) is 49.2 Å². The topological polar surface area (TPSA) is 89.5 Å². The Kier molecular flexibility index (Phi) is 13.4. The maximum absolute atomic E-state index is 13.3. The van der Waals surface area contributed by atoms with Crippen molar-refractivity contribution < 1.29 is 19.1 Å². The highest BCUT2D eigenvalue weighted by Gasteiger charge is 2.26. The van der Waals surface area contributed by atoms with Crippen LogP contribution in [-0.2, 0) is 20.7 Å². The number of carbonyl (C=O) groups excluding carboxylic acids is 2. The number of esters is 1. The van der Waals surface area contributed by atoms with E-state index in [1.54, 1.807) is 11.5 Å². The minimum Gasteiger partial charge on any atom is -0.461 e. The Morgan fingerprint density at radius 2 is 1.87 bits per heavy atom. The minimum absolute atomic E-state index is 0.167. The molecule has 8 heteroatoms. The van der Waals surface area contributed by atoms with Gasteiger partial charge in [-0.3, -0.25) is 9.59 Å². The molecular formula is C30H43N3O4S. The zero-order chi connectivity index (χ0) is 28.1. The number of aromatic nitrogens is 1. The van der Waals surface area contributed by atoms with Crippen LogP contribution in [0.2, 0.25) is 0 Å². The smallest absolute Gasteiger partial charge is 0.309 e. The van der Waals surface area contributed by atoms with Crippen molar-refractivity contribution >= 4 is 23.2 Å². The van der Waals surface area contributed by atoms with E-state index in [9.17, 15) is 9.59 Å². The number of ether oxygens (including phenoxy) is 2. The van der Waals surface area contributed by atoms with Gasteiger partial charge in [-0.15, -0.1) is 11.3 Å². The molecule has 0 aliphatic rings. The van der Waals surface area contributed by atoms with Crippen LogP contribution < -0.4 is 10.6 Å². The van der Waals surface area contributed by atoms with Gasteiger partial charge in [0.2, 0.25) is 0 Å². The highest BCUT2D eigenvalue weighted by atomic mass is 32.1. The second-order valence-corrected chi connectivity index (χ2v) is 11.0. The lowest BCUT2D eigenvalue weighted by Crippen LogP contribution is -2.39. The van der Waals surface area contributed by atoms with Gasteiger partial charge in [0.05, 0.1) is 12.5 Å². The normalized spacial score (nSPS) is 14.4. The van der Waals surface area contributed by atoms with Gasteiger partial charge >= 0.3 is 5.97 Å². The molecule has 0 bridgehead atoms. The molecule has 0 saturated heterocycles. The van der Waals surface area contributed by atoms with E-state index in [1.807, 2.05) is 51.2 Å². The van der Waals surface area contributed by atoms with Gasteiger partial charge in [-0.2, -0.15) is 0 Å². The molecule has 208 valence electrons. The van der Waals surface area contributed by atoms with Crippen molar-refractivity contribution in [2.24, 2.45) is 11.8 Å². The number of hydrogen-bond donors (Lipinski definition) is 2. The molecule has 0 saturated carbocycles. The molecular weight excluding hydrogens is 498 g/mol. The largest absolute Gasteiger partial charge is 0.461 e. The average molecular weight is 542 g/mol. The van der Waals surface area contributed by atoms with Crippen molar-refractivity contribution in [2.45, 2.75) is 65.1 Å². The Bertz CT molecular complexity index is 1040. The molecule has 1 aromatic heterocycles. The van der Waals surface area contributed by atoms with Gasteiger partial charge in [0.15, 0.2) is 0 Å². The lowest BCUT2D eigenvalue weighted by atomic mass is 9.96. The van der Waals surface area contributed by atoms with E-state index in [2.05, 4.69) is 42.6 Å². The summed E-state index contributed by atoms with van der Waals surface area (Å²) in [5.74, 6) is -0.551. The maximum atomic E-state index is 13.3. The summed E-state index contributed by atoms with van der Waals surface area (Å²) in [6.45, 7) is 16.2. The fourth-order valence-electron chi connectivity index (χ4n) is 4.13. The molecule has 0 aliphatic heterocycles. The first-order chi connectivity index (χ1) is 18.1.